The van der Waals surface area contributed by atoms with Crippen molar-refractivity contribution in [1.82, 2.24) is 0 Å². The fraction of sp³-hybridized carbons (Fsp3) is 0.167. The van der Waals surface area contributed by atoms with Crippen molar-refractivity contribution in [2.24, 2.45) is 3.15 Å². The van der Waals surface area contributed by atoms with E-state index in [1.165, 1.54) is 26.1 Å². The summed E-state index contributed by atoms with van der Waals surface area (Å²) in [4.78, 5) is 0. The largest absolute Gasteiger partial charge is 0.230 e. The SMILES string of the molecule is C1=Cc2cccc3c2=C(C1)N=ICC=3. The molecule has 0 amide bonds. The summed E-state index contributed by atoms with van der Waals surface area (Å²) in [6.45, 7) is 0. The summed E-state index contributed by atoms with van der Waals surface area (Å²) in [6.07, 6.45) is 7.81. The summed E-state index contributed by atoms with van der Waals surface area (Å²) in [7, 11) is 0. The molecule has 3 rings (SSSR count). The zero-order chi connectivity index (χ0) is 9.38. The Hall–Kier alpha value is -0.770. The van der Waals surface area contributed by atoms with Crippen LogP contribution in [-0.4, -0.2) is 4.43 Å². The molecule has 0 unspecified atom stereocenters. The van der Waals surface area contributed by atoms with E-state index in [0.717, 1.165) is 6.42 Å². The Morgan fingerprint density at radius 3 is 3.29 bits per heavy atom. The standard InChI is InChI=1S/C12H10IN/c1-3-9-5-2-6-11-12(9)10(4-1)7-8-13-14-11/h1-5,7H,6,8H2. The summed E-state index contributed by atoms with van der Waals surface area (Å²) in [5.41, 5.74) is 2.66. The first-order valence-corrected chi connectivity index (χ1v) is 7.23. The first kappa shape index (κ1) is 8.53. The zero-order valence-electron chi connectivity index (χ0n) is 7.70. The molecule has 1 aliphatic heterocycles. The quantitative estimate of drug-likeness (QED) is 0.514. The number of hydrogen-bond donors (Lipinski definition) is 0. The van der Waals surface area contributed by atoms with E-state index in [4.69, 9.17) is 3.15 Å². The molecule has 1 aromatic rings. The number of hydrogen-bond acceptors (Lipinski definition) is 1. The third-order valence-electron chi connectivity index (χ3n) is 2.55. The highest BCUT2D eigenvalue weighted by Crippen LogP contribution is 2.17. The van der Waals surface area contributed by atoms with Gasteiger partial charge in [-0.2, -0.15) is 0 Å². The van der Waals surface area contributed by atoms with Gasteiger partial charge in [-0.25, -0.2) is 3.15 Å². The molecule has 1 heterocycles. The highest BCUT2D eigenvalue weighted by molar-refractivity contribution is 14.2. The van der Waals surface area contributed by atoms with Crippen LogP contribution in [0.3, 0.4) is 0 Å². The van der Waals surface area contributed by atoms with E-state index in [9.17, 15) is 0 Å². The van der Waals surface area contributed by atoms with Crippen LogP contribution in [0.25, 0.3) is 17.8 Å². The third-order valence-corrected chi connectivity index (χ3v) is 4.31. The van der Waals surface area contributed by atoms with Crippen molar-refractivity contribution in [2.75, 3.05) is 4.43 Å². The molecule has 2 aliphatic rings. The van der Waals surface area contributed by atoms with Gasteiger partial charge in [-0.3, -0.25) is 0 Å². The predicted octanol–water partition coefficient (Wildman–Crippen LogP) is 2.16. The Balaban J connectivity index is 2.54. The van der Waals surface area contributed by atoms with Crippen molar-refractivity contribution in [3.8, 4) is 0 Å². The number of rotatable bonds is 0. The molecule has 0 fully saturated rings. The Morgan fingerprint density at radius 2 is 2.29 bits per heavy atom. The van der Waals surface area contributed by atoms with Gasteiger partial charge in [0.25, 0.3) is 0 Å². The van der Waals surface area contributed by atoms with Gasteiger partial charge in [-0.05, 0) is 31.8 Å². The molecular weight excluding hydrogens is 285 g/mol. The molecule has 1 aliphatic carbocycles. The van der Waals surface area contributed by atoms with Crippen LogP contribution < -0.4 is 10.4 Å². The van der Waals surface area contributed by atoms with E-state index in [1.54, 1.807) is 0 Å². The van der Waals surface area contributed by atoms with E-state index < -0.39 is 0 Å². The van der Waals surface area contributed by atoms with Gasteiger partial charge in [0.2, 0.25) is 0 Å². The Morgan fingerprint density at radius 1 is 1.29 bits per heavy atom. The lowest BCUT2D eigenvalue weighted by Crippen LogP contribution is -2.29. The first-order valence-electron chi connectivity index (χ1n) is 4.73. The minimum Gasteiger partial charge on any atom is -0.230 e. The van der Waals surface area contributed by atoms with Gasteiger partial charge in [0.15, 0.2) is 0 Å². The van der Waals surface area contributed by atoms with Gasteiger partial charge in [0, 0.05) is 16.1 Å². The molecule has 14 heavy (non-hydrogen) atoms. The van der Waals surface area contributed by atoms with Crippen LogP contribution in [0.15, 0.2) is 27.4 Å². The second-order valence-electron chi connectivity index (χ2n) is 3.43. The van der Waals surface area contributed by atoms with Crippen LogP contribution >= 0.6 is 21.0 Å². The Kier molecular flexibility index (Phi) is 2.09. The van der Waals surface area contributed by atoms with Gasteiger partial charge < -0.3 is 0 Å². The lowest BCUT2D eigenvalue weighted by molar-refractivity contribution is 1.28. The molecule has 0 atom stereocenters. The number of halogens is 1. The Labute approximate surface area is 93.0 Å². The van der Waals surface area contributed by atoms with Crippen molar-refractivity contribution in [3.05, 3.63) is 40.3 Å². The van der Waals surface area contributed by atoms with Crippen molar-refractivity contribution < 1.29 is 0 Å². The van der Waals surface area contributed by atoms with Crippen molar-refractivity contribution in [1.29, 1.82) is 0 Å². The second-order valence-corrected chi connectivity index (χ2v) is 5.47. The minimum absolute atomic E-state index is 0.0120. The van der Waals surface area contributed by atoms with E-state index in [0.29, 0.717) is 0 Å². The summed E-state index contributed by atoms with van der Waals surface area (Å²) in [5.74, 6) is 0. The summed E-state index contributed by atoms with van der Waals surface area (Å²) in [5, 5.41) is 2.79. The van der Waals surface area contributed by atoms with Crippen molar-refractivity contribution in [2.45, 2.75) is 6.42 Å². The first-order chi connectivity index (χ1) is 6.95. The monoisotopic (exact) mass is 295 g/mol. The minimum atomic E-state index is 0.0120. The predicted molar refractivity (Wildman–Crippen MR) is 68.5 cm³/mol. The molecule has 1 aromatic carbocycles. The van der Waals surface area contributed by atoms with Gasteiger partial charge in [0.05, 0.1) is 5.70 Å². The van der Waals surface area contributed by atoms with Crippen LogP contribution in [-0.2, 0) is 0 Å². The lowest BCUT2D eigenvalue weighted by atomic mass is 10.0. The molecule has 0 saturated heterocycles. The molecule has 0 bridgehead atoms. The highest BCUT2D eigenvalue weighted by atomic mass is 127. The van der Waals surface area contributed by atoms with E-state index in [-0.39, 0.29) is 21.0 Å². The van der Waals surface area contributed by atoms with Crippen molar-refractivity contribution in [3.63, 3.8) is 0 Å². The van der Waals surface area contributed by atoms with Crippen LogP contribution in [0.4, 0.5) is 0 Å². The topological polar surface area (TPSA) is 12.4 Å². The van der Waals surface area contributed by atoms with E-state index in [2.05, 4.69) is 36.4 Å². The maximum Gasteiger partial charge on any atom is 0.0583 e. The number of alkyl halides is 1. The Bertz CT molecular complexity index is 552. The van der Waals surface area contributed by atoms with Gasteiger partial charge >= 0.3 is 0 Å². The molecule has 2 heteroatoms. The third kappa shape index (κ3) is 1.29. The lowest BCUT2D eigenvalue weighted by Gasteiger charge is -2.06. The maximum atomic E-state index is 4.74. The average Bonchev–Trinajstić information content (AvgIpc) is 2.44. The molecule has 0 saturated carbocycles. The molecule has 0 spiro atoms. The van der Waals surface area contributed by atoms with Gasteiger partial charge in [0.1, 0.15) is 0 Å². The maximum absolute atomic E-state index is 4.74. The second kappa shape index (κ2) is 3.42. The summed E-state index contributed by atoms with van der Waals surface area (Å²) < 4.78 is 5.92. The van der Waals surface area contributed by atoms with Gasteiger partial charge in [-0.1, -0.05) is 36.4 Å². The van der Waals surface area contributed by atoms with Crippen LogP contribution in [0, 0.1) is 0 Å². The highest BCUT2D eigenvalue weighted by Gasteiger charge is 2.06. The van der Waals surface area contributed by atoms with Crippen LogP contribution in [0.1, 0.15) is 12.0 Å². The van der Waals surface area contributed by atoms with Crippen molar-refractivity contribution >= 4 is 38.9 Å². The molecule has 1 nitrogen and oxygen atoms in total. The smallest absolute Gasteiger partial charge is 0.0583 e. The molecule has 0 radical (unpaired) electrons. The summed E-state index contributed by atoms with van der Waals surface area (Å²) in [6, 6.07) is 6.53. The van der Waals surface area contributed by atoms with Crippen LogP contribution in [0.2, 0.25) is 0 Å². The fourth-order valence-electron chi connectivity index (χ4n) is 1.93. The molecule has 0 N–H and O–H groups in total. The van der Waals surface area contributed by atoms with E-state index >= 15 is 0 Å². The zero-order valence-corrected chi connectivity index (χ0v) is 9.86. The molecule has 70 valence electrons. The fourth-order valence-corrected chi connectivity index (χ4v) is 3.65. The summed E-state index contributed by atoms with van der Waals surface area (Å²) >= 11 is 0.0120. The number of nitrogens with zero attached hydrogens (tertiary/aromatic N) is 1. The molecule has 0 aromatic heterocycles. The van der Waals surface area contributed by atoms with Crippen LogP contribution in [0.5, 0.6) is 0 Å². The molecular formula is C12H10IN. The normalized spacial score (nSPS) is 17.9. The van der Waals surface area contributed by atoms with E-state index in [1.807, 2.05) is 0 Å². The number of benzene rings is 1. The average molecular weight is 295 g/mol. The van der Waals surface area contributed by atoms with Gasteiger partial charge in [-0.15, -0.1) is 0 Å².